The molecule has 1 rings (SSSR count). The largest absolute Gasteiger partial charge is 0.459 e. The Balaban J connectivity index is 3.40. The van der Waals surface area contributed by atoms with Crippen molar-refractivity contribution in [2.75, 3.05) is 11.5 Å². The van der Waals surface area contributed by atoms with Crippen LogP contribution in [0.5, 0.6) is 0 Å². The molecule has 0 aliphatic rings. The van der Waals surface area contributed by atoms with Gasteiger partial charge in [-0.05, 0) is 71.6 Å². The summed E-state index contributed by atoms with van der Waals surface area (Å²) < 4.78 is 23.9. The molecule has 0 aliphatic carbocycles. The van der Waals surface area contributed by atoms with E-state index in [1.54, 1.807) is 80.5 Å². The number of carbonyl (C=O) groups is 2. The number of hydrogen-bond acceptors (Lipinski definition) is 6. The maximum Gasteiger partial charge on any atom is 0.412 e. The lowest BCUT2D eigenvalue weighted by Gasteiger charge is -2.29. The second-order valence-corrected chi connectivity index (χ2v) is 12.9. The smallest absolute Gasteiger partial charge is 0.412 e. The number of esters is 1. The van der Waals surface area contributed by atoms with Crippen LogP contribution in [-0.2, 0) is 18.8 Å². The maximum atomic E-state index is 13.1. The minimum absolute atomic E-state index is 0.244. The van der Waals surface area contributed by atoms with Crippen molar-refractivity contribution in [1.82, 2.24) is 0 Å². The first-order valence-electron chi connectivity index (χ1n) is 10.7. The van der Waals surface area contributed by atoms with Gasteiger partial charge in [0.15, 0.2) is 0 Å². The zero-order valence-corrected chi connectivity index (χ0v) is 21.6. The van der Waals surface area contributed by atoms with Crippen LogP contribution < -0.4 is 11.1 Å². The lowest BCUT2D eigenvalue weighted by Crippen LogP contribution is -2.33. The maximum absolute atomic E-state index is 13.1. The van der Waals surface area contributed by atoms with Crippen LogP contribution in [0.1, 0.15) is 72.4 Å². The van der Waals surface area contributed by atoms with Crippen molar-refractivity contribution in [1.29, 1.82) is 0 Å². The second-order valence-electron chi connectivity index (χ2n) is 10.4. The van der Waals surface area contributed by atoms with E-state index in [2.05, 4.69) is 5.32 Å². The Kier molecular flexibility index (Phi) is 9.12. The summed E-state index contributed by atoms with van der Waals surface area (Å²) in [6.07, 6.45) is -1.00. The highest BCUT2D eigenvalue weighted by atomic mass is 31.2. The zero-order valence-electron chi connectivity index (χ0n) is 20.7. The van der Waals surface area contributed by atoms with Crippen molar-refractivity contribution in [3.63, 3.8) is 0 Å². The van der Waals surface area contributed by atoms with Crippen molar-refractivity contribution < 1.29 is 28.5 Å². The summed E-state index contributed by atoms with van der Waals surface area (Å²) in [6, 6.07) is 5.02. The number of hydrogen-bond donors (Lipinski definition) is 3. The summed E-state index contributed by atoms with van der Waals surface area (Å²) >= 11 is 0. The topological polar surface area (TPSA) is 128 Å². The van der Waals surface area contributed by atoms with Gasteiger partial charge in [-0.25, -0.2) is 4.79 Å². The summed E-state index contributed by atoms with van der Waals surface area (Å²) in [4.78, 5) is 36.0. The van der Waals surface area contributed by atoms with E-state index in [-0.39, 0.29) is 12.1 Å². The first-order valence-corrected chi connectivity index (χ1v) is 12.6. The number of rotatable bonds is 7. The number of ether oxygens (including phenoxy) is 2. The molecule has 0 saturated heterocycles. The Hall–Kier alpha value is -1.89. The molecule has 0 saturated carbocycles. The SMILES string of the molecule is Cc1c(NC(=O)OC(C)(C)C)cccc1C(CP(=O)(O)C(N)C(C)C)C(=O)OC(C)(C)C. The predicted molar refractivity (Wildman–Crippen MR) is 127 cm³/mol. The number of benzene rings is 1. The van der Waals surface area contributed by atoms with Crippen molar-refractivity contribution in [2.24, 2.45) is 11.7 Å². The van der Waals surface area contributed by atoms with Gasteiger partial charge in [0.2, 0.25) is 7.37 Å². The molecule has 0 aromatic heterocycles. The number of amides is 1. The molecule has 182 valence electrons. The summed E-state index contributed by atoms with van der Waals surface area (Å²) in [5, 5.41) is 2.68. The molecule has 4 N–H and O–H groups in total. The van der Waals surface area contributed by atoms with Gasteiger partial charge in [0.1, 0.15) is 11.2 Å². The molecule has 0 radical (unpaired) electrons. The molecule has 9 heteroatoms. The van der Waals surface area contributed by atoms with Gasteiger partial charge in [0.05, 0.1) is 11.7 Å². The van der Waals surface area contributed by atoms with E-state index in [0.29, 0.717) is 16.8 Å². The minimum atomic E-state index is -3.91. The highest BCUT2D eigenvalue weighted by molar-refractivity contribution is 7.58. The predicted octanol–water partition coefficient (Wildman–Crippen LogP) is 4.98. The van der Waals surface area contributed by atoms with E-state index in [9.17, 15) is 19.0 Å². The highest BCUT2D eigenvalue weighted by Crippen LogP contribution is 2.50. The van der Waals surface area contributed by atoms with Crippen molar-refractivity contribution in [3.8, 4) is 0 Å². The van der Waals surface area contributed by atoms with Crippen molar-refractivity contribution in [2.45, 2.75) is 85.2 Å². The van der Waals surface area contributed by atoms with Gasteiger partial charge in [-0.2, -0.15) is 0 Å². The van der Waals surface area contributed by atoms with E-state index < -0.39 is 42.3 Å². The third-order valence-electron chi connectivity index (χ3n) is 4.67. The molecule has 0 aliphatic heterocycles. The normalized spacial score (nSPS) is 16.1. The van der Waals surface area contributed by atoms with E-state index in [1.807, 2.05) is 0 Å². The van der Waals surface area contributed by atoms with Gasteiger partial charge in [-0.15, -0.1) is 0 Å². The summed E-state index contributed by atoms with van der Waals surface area (Å²) in [5.74, 6) is -2.88. The van der Waals surface area contributed by atoms with Gasteiger partial charge in [-0.1, -0.05) is 26.0 Å². The molecule has 1 amide bonds. The average Bonchev–Trinajstić information content (AvgIpc) is 2.57. The van der Waals surface area contributed by atoms with Crippen LogP contribution in [0.15, 0.2) is 18.2 Å². The molecule has 32 heavy (non-hydrogen) atoms. The molecule has 1 aromatic carbocycles. The van der Waals surface area contributed by atoms with Gasteiger partial charge < -0.3 is 20.1 Å². The quantitative estimate of drug-likeness (QED) is 0.379. The third-order valence-corrected chi connectivity index (χ3v) is 7.09. The molecule has 3 atom stereocenters. The molecular formula is C23H39N2O6P. The number of nitrogens with two attached hydrogens (primary N) is 1. The second kappa shape index (κ2) is 10.4. The average molecular weight is 471 g/mol. The summed E-state index contributed by atoms with van der Waals surface area (Å²) in [5.41, 5.74) is 6.04. The molecule has 0 bridgehead atoms. The monoisotopic (exact) mass is 470 g/mol. The molecule has 3 unspecified atom stereocenters. The molecule has 8 nitrogen and oxygen atoms in total. The molecule has 1 aromatic rings. The minimum Gasteiger partial charge on any atom is -0.459 e. The van der Waals surface area contributed by atoms with Crippen LogP contribution in [-0.4, -0.2) is 40.1 Å². The standard InChI is InChI=1S/C23H39N2O6P/c1-14(2)19(24)32(28,29)13-17(20(26)30-22(4,5)6)16-11-10-12-18(15(16)3)25-21(27)31-23(7,8)9/h10-12,14,17,19H,13,24H2,1-9H3,(H,25,27)(H,28,29). The Labute approximate surface area is 191 Å². The number of anilines is 1. The van der Waals surface area contributed by atoms with Crippen LogP contribution in [0, 0.1) is 12.8 Å². The molecule has 0 fully saturated rings. The first kappa shape index (κ1) is 28.1. The third kappa shape index (κ3) is 8.57. The van der Waals surface area contributed by atoms with Crippen molar-refractivity contribution in [3.05, 3.63) is 29.3 Å². The van der Waals surface area contributed by atoms with E-state index in [0.717, 1.165) is 0 Å². The van der Waals surface area contributed by atoms with Crippen LogP contribution in [0.4, 0.5) is 10.5 Å². The lowest BCUT2D eigenvalue weighted by atomic mass is 9.95. The van der Waals surface area contributed by atoms with E-state index in [4.69, 9.17) is 15.2 Å². The van der Waals surface area contributed by atoms with Gasteiger partial charge >= 0.3 is 12.1 Å². The Bertz CT molecular complexity index is 870. The number of carbonyl (C=O) groups excluding carboxylic acids is 2. The zero-order chi connectivity index (χ0) is 25.1. The molecule has 0 spiro atoms. The van der Waals surface area contributed by atoms with Crippen LogP contribution in [0.3, 0.4) is 0 Å². The fourth-order valence-corrected chi connectivity index (χ4v) is 5.15. The van der Waals surface area contributed by atoms with Crippen molar-refractivity contribution >= 4 is 25.1 Å². The Morgan fingerprint density at radius 1 is 1.09 bits per heavy atom. The fraction of sp³-hybridized carbons (Fsp3) is 0.652. The summed E-state index contributed by atoms with van der Waals surface area (Å²) in [7, 11) is -3.91. The first-order chi connectivity index (χ1) is 14.3. The van der Waals surface area contributed by atoms with Crippen LogP contribution in [0.25, 0.3) is 0 Å². The Morgan fingerprint density at radius 2 is 1.62 bits per heavy atom. The van der Waals surface area contributed by atoms with Gasteiger partial charge in [0.25, 0.3) is 0 Å². The fourth-order valence-electron chi connectivity index (χ4n) is 3.10. The van der Waals surface area contributed by atoms with Crippen LogP contribution >= 0.6 is 7.37 Å². The van der Waals surface area contributed by atoms with Gasteiger partial charge in [0, 0.05) is 11.8 Å². The Morgan fingerprint density at radius 3 is 2.09 bits per heavy atom. The summed E-state index contributed by atoms with van der Waals surface area (Å²) in [6.45, 7) is 15.7. The highest BCUT2D eigenvalue weighted by Gasteiger charge is 2.39. The molecular weight excluding hydrogens is 431 g/mol. The number of nitrogens with one attached hydrogen (secondary N) is 1. The van der Waals surface area contributed by atoms with E-state index in [1.165, 1.54) is 0 Å². The van der Waals surface area contributed by atoms with Crippen LogP contribution in [0.2, 0.25) is 0 Å². The van der Waals surface area contributed by atoms with Gasteiger partial charge in [-0.3, -0.25) is 14.7 Å². The molecule has 0 heterocycles. The lowest BCUT2D eigenvalue weighted by molar-refractivity contribution is -0.156. The van der Waals surface area contributed by atoms with E-state index >= 15 is 0 Å².